The fourth-order valence-electron chi connectivity index (χ4n) is 2.57. The number of fused-ring (bicyclic) bond motifs is 1. The molecule has 2 rings (SSSR count). The smallest absolute Gasteiger partial charge is 0.227 e. The number of nitrogens with zero attached hydrogens (tertiary/aromatic N) is 1. The number of aromatic amines is 1. The summed E-state index contributed by atoms with van der Waals surface area (Å²) in [5.41, 5.74) is 2.05. The Morgan fingerprint density at radius 2 is 2.38 bits per heavy atom. The van der Waals surface area contributed by atoms with Gasteiger partial charge in [0.15, 0.2) is 0 Å². The topological polar surface area (TPSA) is 87.2 Å². The number of aromatic nitrogens is 2. The van der Waals surface area contributed by atoms with Gasteiger partial charge in [0.2, 0.25) is 5.91 Å². The van der Waals surface area contributed by atoms with Gasteiger partial charge in [-0.05, 0) is 25.2 Å². The maximum absolute atomic E-state index is 12.2. The normalized spacial score (nSPS) is 19.3. The molecule has 21 heavy (non-hydrogen) atoms. The first-order valence-electron chi connectivity index (χ1n) is 7.63. The quantitative estimate of drug-likeness (QED) is 0.700. The van der Waals surface area contributed by atoms with Gasteiger partial charge in [0.25, 0.3) is 0 Å². The number of nitrogens with one attached hydrogen (secondary N) is 2. The predicted molar refractivity (Wildman–Crippen MR) is 78.9 cm³/mol. The third-order valence-corrected chi connectivity index (χ3v) is 3.64. The Morgan fingerprint density at radius 3 is 3.14 bits per heavy atom. The number of carbonyl (C=O) groups is 1. The molecule has 1 aliphatic rings. The molecule has 2 atom stereocenters. The number of H-pyrrole nitrogens is 1. The van der Waals surface area contributed by atoms with E-state index in [4.69, 9.17) is 4.74 Å². The first-order valence-corrected chi connectivity index (χ1v) is 7.63. The van der Waals surface area contributed by atoms with Gasteiger partial charge in [-0.2, -0.15) is 5.10 Å². The predicted octanol–water partition coefficient (Wildman–Crippen LogP) is 0.979. The van der Waals surface area contributed by atoms with Crippen molar-refractivity contribution in [3.63, 3.8) is 0 Å². The zero-order valence-electron chi connectivity index (χ0n) is 12.8. The van der Waals surface area contributed by atoms with E-state index in [1.165, 1.54) is 0 Å². The van der Waals surface area contributed by atoms with E-state index in [0.717, 1.165) is 30.5 Å². The van der Waals surface area contributed by atoms with Crippen molar-refractivity contribution in [2.45, 2.75) is 45.1 Å². The van der Waals surface area contributed by atoms with E-state index in [-0.39, 0.29) is 25.0 Å². The van der Waals surface area contributed by atoms with Crippen molar-refractivity contribution in [3.8, 4) is 0 Å². The van der Waals surface area contributed by atoms with Crippen molar-refractivity contribution >= 4 is 5.91 Å². The molecule has 0 aromatic carbocycles. The molecule has 0 fully saturated rings. The van der Waals surface area contributed by atoms with Gasteiger partial charge in [-0.25, -0.2) is 0 Å². The monoisotopic (exact) mass is 295 g/mol. The molecule has 6 heteroatoms. The summed E-state index contributed by atoms with van der Waals surface area (Å²) in [5.74, 6) is 0.241. The summed E-state index contributed by atoms with van der Waals surface area (Å²) in [7, 11) is 0. The summed E-state index contributed by atoms with van der Waals surface area (Å²) >= 11 is 0. The van der Waals surface area contributed by atoms with Gasteiger partial charge in [0.1, 0.15) is 0 Å². The lowest BCUT2D eigenvalue weighted by atomic mass is 9.86. The maximum atomic E-state index is 12.2. The molecule has 1 heterocycles. The van der Waals surface area contributed by atoms with Crippen LogP contribution in [0.1, 0.15) is 43.9 Å². The minimum Gasteiger partial charge on any atom is -0.389 e. The minimum atomic E-state index is -0.667. The van der Waals surface area contributed by atoms with Crippen LogP contribution in [0.5, 0.6) is 0 Å². The zero-order valence-corrected chi connectivity index (χ0v) is 12.8. The largest absolute Gasteiger partial charge is 0.389 e. The van der Waals surface area contributed by atoms with Crippen LogP contribution in [0.4, 0.5) is 0 Å². The van der Waals surface area contributed by atoms with E-state index < -0.39 is 6.10 Å². The van der Waals surface area contributed by atoms with Gasteiger partial charge in [0, 0.05) is 24.4 Å². The number of aliphatic hydroxyl groups is 1. The second kappa shape index (κ2) is 7.56. The Balaban J connectivity index is 1.75. The number of carbonyl (C=O) groups excluding carboxylic acids is 1. The molecule has 1 amide bonds. The first-order chi connectivity index (χ1) is 10.1. The number of hydrogen-bond acceptors (Lipinski definition) is 4. The lowest BCUT2D eigenvalue weighted by molar-refractivity contribution is -0.123. The molecule has 2 unspecified atom stereocenters. The van der Waals surface area contributed by atoms with E-state index in [2.05, 4.69) is 29.4 Å². The third kappa shape index (κ3) is 4.54. The van der Waals surface area contributed by atoms with Crippen LogP contribution in [-0.2, 0) is 16.0 Å². The Bertz CT molecular complexity index is 459. The fraction of sp³-hybridized carbons (Fsp3) is 0.733. The number of ether oxygens (including phenoxy) is 1. The van der Waals surface area contributed by atoms with Crippen molar-refractivity contribution in [1.82, 2.24) is 15.5 Å². The van der Waals surface area contributed by atoms with Gasteiger partial charge in [-0.1, -0.05) is 13.8 Å². The summed E-state index contributed by atoms with van der Waals surface area (Å²) in [5, 5.41) is 19.6. The van der Waals surface area contributed by atoms with E-state index >= 15 is 0 Å². The number of amides is 1. The number of aliphatic hydroxyl groups excluding tert-OH is 1. The molecule has 0 saturated heterocycles. The van der Waals surface area contributed by atoms with Crippen LogP contribution in [0.2, 0.25) is 0 Å². The lowest BCUT2D eigenvalue weighted by Gasteiger charge is -2.22. The average molecular weight is 295 g/mol. The van der Waals surface area contributed by atoms with Crippen LogP contribution >= 0.6 is 0 Å². The Morgan fingerprint density at radius 1 is 1.57 bits per heavy atom. The lowest BCUT2D eigenvalue weighted by Crippen LogP contribution is -2.38. The molecule has 118 valence electrons. The Kier molecular flexibility index (Phi) is 5.76. The van der Waals surface area contributed by atoms with E-state index in [9.17, 15) is 9.90 Å². The zero-order chi connectivity index (χ0) is 15.2. The third-order valence-electron chi connectivity index (χ3n) is 3.64. The standard InChI is InChI=1S/C15H25N3O3/c1-10(2)8-21-9-11(19)6-16-15(20)12-4-3-5-14-13(12)7-17-18-14/h7,10-12,19H,3-6,8-9H2,1-2H3,(H,16,20)(H,17,18). The highest BCUT2D eigenvalue weighted by Crippen LogP contribution is 2.30. The highest BCUT2D eigenvalue weighted by molar-refractivity contribution is 5.84. The molecule has 0 spiro atoms. The van der Waals surface area contributed by atoms with E-state index in [0.29, 0.717) is 12.5 Å². The van der Waals surface area contributed by atoms with Crippen molar-refractivity contribution in [3.05, 3.63) is 17.5 Å². The van der Waals surface area contributed by atoms with Crippen LogP contribution in [-0.4, -0.2) is 47.1 Å². The molecular weight excluding hydrogens is 270 g/mol. The highest BCUT2D eigenvalue weighted by Gasteiger charge is 2.27. The molecule has 1 aromatic heterocycles. The summed E-state index contributed by atoms with van der Waals surface area (Å²) in [6.45, 7) is 5.20. The fourth-order valence-corrected chi connectivity index (χ4v) is 2.57. The van der Waals surface area contributed by atoms with Gasteiger partial charge < -0.3 is 15.2 Å². The number of hydrogen-bond donors (Lipinski definition) is 3. The Hall–Kier alpha value is -1.40. The van der Waals surface area contributed by atoms with Crippen molar-refractivity contribution in [2.24, 2.45) is 5.92 Å². The van der Waals surface area contributed by atoms with Crippen molar-refractivity contribution < 1.29 is 14.6 Å². The maximum Gasteiger partial charge on any atom is 0.227 e. The molecule has 1 aromatic rings. The molecule has 0 saturated carbocycles. The molecule has 0 radical (unpaired) electrons. The Labute approximate surface area is 125 Å². The summed E-state index contributed by atoms with van der Waals surface area (Å²) < 4.78 is 5.36. The van der Waals surface area contributed by atoms with Crippen LogP contribution in [0.15, 0.2) is 6.20 Å². The second-order valence-electron chi connectivity index (χ2n) is 6.08. The van der Waals surface area contributed by atoms with Gasteiger partial charge in [0.05, 0.1) is 24.8 Å². The van der Waals surface area contributed by atoms with Crippen LogP contribution < -0.4 is 5.32 Å². The van der Waals surface area contributed by atoms with E-state index in [1.807, 2.05) is 0 Å². The van der Waals surface area contributed by atoms with Crippen LogP contribution in [0.25, 0.3) is 0 Å². The molecule has 0 bridgehead atoms. The van der Waals surface area contributed by atoms with Crippen LogP contribution in [0.3, 0.4) is 0 Å². The average Bonchev–Trinajstić information content (AvgIpc) is 2.92. The molecule has 0 aliphatic heterocycles. The number of aryl methyl sites for hydroxylation is 1. The molecule has 3 N–H and O–H groups in total. The van der Waals surface area contributed by atoms with E-state index in [1.54, 1.807) is 6.20 Å². The first kappa shape index (κ1) is 16.0. The van der Waals surface area contributed by atoms with Crippen LogP contribution in [0, 0.1) is 5.92 Å². The van der Waals surface area contributed by atoms with Gasteiger partial charge in [-0.3, -0.25) is 9.89 Å². The minimum absolute atomic E-state index is 0.0414. The molecule has 6 nitrogen and oxygen atoms in total. The second-order valence-corrected chi connectivity index (χ2v) is 6.08. The highest BCUT2D eigenvalue weighted by atomic mass is 16.5. The summed E-state index contributed by atoms with van der Waals surface area (Å²) in [6.07, 6.45) is 3.83. The summed E-state index contributed by atoms with van der Waals surface area (Å²) in [6, 6.07) is 0. The molecular formula is C15H25N3O3. The van der Waals surface area contributed by atoms with Crippen molar-refractivity contribution in [2.75, 3.05) is 19.8 Å². The SMILES string of the molecule is CC(C)COCC(O)CNC(=O)C1CCCc2[nH]ncc21. The van der Waals surface area contributed by atoms with Crippen molar-refractivity contribution in [1.29, 1.82) is 0 Å². The van der Waals surface area contributed by atoms with Gasteiger partial charge >= 0.3 is 0 Å². The molecule has 1 aliphatic carbocycles. The summed E-state index contributed by atoms with van der Waals surface area (Å²) in [4.78, 5) is 12.2. The number of rotatable bonds is 7. The van der Waals surface area contributed by atoms with Gasteiger partial charge in [-0.15, -0.1) is 0 Å².